The molecule has 1 aliphatic rings. The number of nitrogen functional groups attached to an aromatic ring is 1. The highest BCUT2D eigenvalue weighted by molar-refractivity contribution is 5.59. The second-order valence-electron chi connectivity index (χ2n) is 6.22. The molecule has 0 aromatic heterocycles. The molecule has 1 aromatic carbocycles. The van der Waals surface area contributed by atoms with Crippen LogP contribution in [0.15, 0.2) is 12.1 Å². The Labute approximate surface area is 97.5 Å². The summed E-state index contributed by atoms with van der Waals surface area (Å²) in [6, 6.07) is 3.80. The van der Waals surface area contributed by atoms with Gasteiger partial charge in [-0.1, -0.05) is 27.7 Å². The first kappa shape index (κ1) is 11.3. The summed E-state index contributed by atoms with van der Waals surface area (Å²) in [6.45, 7) is 8.96. The molecule has 1 aliphatic carbocycles. The standard InChI is InChI=1S/C14H21NO/c1-13(2)5-6-14(3,4)10-8-12(16)11(15)7-9(10)13/h7-8,16H,5-6,15H2,1-4H3. The molecular weight excluding hydrogens is 198 g/mol. The van der Waals surface area contributed by atoms with E-state index in [1.54, 1.807) is 0 Å². The van der Waals surface area contributed by atoms with Crippen LogP contribution in [0.1, 0.15) is 51.7 Å². The van der Waals surface area contributed by atoms with Crippen LogP contribution in [0.5, 0.6) is 5.75 Å². The second kappa shape index (κ2) is 3.16. The maximum atomic E-state index is 9.75. The third kappa shape index (κ3) is 1.57. The van der Waals surface area contributed by atoms with Crippen molar-refractivity contribution in [2.45, 2.75) is 51.4 Å². The van der Waals surface area contributed by atoms with E-state index in [4.69, 9.17) is 5.73 Å². The van der Waals surface area contributed by atoms with Crippen molar-refractivity contribution in [1.82, 2.24) is 0 Å². The molecule has 0 radical (unpaired) electrons. The zero-order valence-electron chi connectivity index (χ0n) is 10.6. The van der Waals surface area contributed by atoms with Gasteiger partial charge in [-0.15, -0.1) is 0 Å². The Morgan fingerprint density at radius 2 is 1.44 bits per heavy atom. The second-order valence-corrected chi connectivity index (χ2v) is 6.22. The van der Waals surface area contributed by atoms with Gasteiger partial charge >= 0.3 is 0 Å². The smallest absolute Gasteiger partial charge is 0.138 e. The van der Waals surface area contributed by atoms with Crippen LogP contribution in [0.25, 0.3) is 0 Å². The average Bonchev–Trinajstić information content (AvgIpc) is 2.17. The summed E-state index contributed by atoms with van der Waals surface area (Å²) in [5, 5.41) is 9.75. The quantitative estimate of drug-likeness (QED) is 0.519. The van der Waals surface area contributed by atoms with E-state index in [2.05, 4.69) is 27.7 Å². The SMILES string of the molecule is CC1(C)CCC(C)(C)c2cc(O)c(N)cc21. The van der Waals surface area contributed by atoms with Gasteiger partial charge in [0.1, 0.15) is 5.75 Å². The van der Waals surface area contributed by atoms with Crippen molar-refractivity contribution in [3.63, 3.8) is 0 Å². The number of aromatic hydroxyl groups is 1. The first-order chi connectivity index (χ1) is 7.24. The molecule has 16 heavy (non-hydrogen) atoms. The highest BCUT2D eigenvalue weighted by Gasteiger charge is 2.37. The number of rotatable bonds is 0. The molecule has 1 aromatic rings. The Balaban J connectivity index is 2.70. The van der Waals surface area contributed by atoms with Gasteiger partial charge in [-0.2, -0.15) is 0 Å². The molecule has 2 nitrogen and oxygen atoms in total. The zero-order valence-corrected chi connectivity index (χ0v) is 10.6. The molecule has 88 valence electrons. The third-order valence-corrected chi connectivity index (χ3v) is 4.00. The number of fused-ring (bicyclic) bond motifs is 1. The molecule has 3 N–H and O–H groups in total. The lowest BCUT2D eigenvalue weighted by Crippen LogP contribution is -2.33. The van der Waals surface area contributed by atoms with Crippen LogP contribution < -0.4 is 5.73 Å². The van der Waals surface area contributed by atoms with E-state index in [0.717, 1.165) is 12.8 Å². The molecule has 0 bridgehead atoms. The van der Waals surface area contributed by atoms with Crippen molar-refractivity contribution >= 4 is 5.69 Å². The molecule has 0 spiro atoms. The van der Waals surface area contributed by atoms with Crippen LogP contribution in [0.4, 0.5) is 5.69 Å². The van der Waals surface area contributed by atoms with Gasteiger partial charge in [0.05, 0.1) is 5.69 Å². The molecule has 0 amide bonds. The highest BCUT2D eigenvalue weighted by Crippen LogP contribution is 2.47. The van der Waals surface area contributed by atoms with Gasteiger partial charge in [0, 0.05) is 0 Å². The van der Waals surface area contributed by atoms with E-state index >= 15 is 0 Å². The Morgan fingerprint density at radius 3 is 1.94 bits per heavy atom. The minimum absolute atomic E-state index is 0.135. The van der Waals surface area contributed by atoms with Crippen molar-refractivity contribution in [2.24, 2.45) is 0 Å². The monoisotopic (exact) mass is 219 g/mol. The van der Waals surface area contributed by atoms with E-state index in [-0.39, 0.29) is 16.6 Å². The predicted octanol–water partition coefficient (Wildman–Crippen LogP) is 3.32. The summed E-state index contributed by atoms with van der Waals surface area (Å²) < 4.78 is 0. The van der Waals surface area contributed by atoms with Crippen LogP contribution in [0, 0.1) is 0 Å². The van der Waals surface area contributed by atoms with Crippen LogP contribution in [-0.4, -0.2) is 5.11 Å². The van der Waals surface area contributed by atoms with Crippen molar-refractivity contribution in [3.8, 4) is 5.75 Å². The number of phenols is 1. The van der Waals surface area contributed by atoms with Crippen LogP contribution in [-0.2, 0) is 10.8 Å². The van der Waals surface area contributed by atoms with E-state index < -0.39 is 0 Å². The fourth-order valence-electron chi connectivity index (χ4n) is 2.62. The first-order valence-electron chi connectivity index (χ1n) is 5.87. The Bertz CT molecular complexity index is 392. The summed E-state index contributed by atoms with van der Waals surface area (Å²) in [4.78, 5) is 0. The van der Waals surface area contributed by atoms with E-state index in [9.17, 15) is 5.11 Å². The largest absolute Gasteiger partial charge is 0.506 e. The molecule has 0 saturated carbocycles. The lowest BCUT2D eigenvalue weighted by atomic mass is 9.63. The first-order valence-corrected chi connectivity index (χ1v) is 5.87. The molecule has 0 unspecified atom stereocenters. The van der Waals surface area contributed by atoms with E-state index in [0.29, 0.717) is 5.69 Å². The zero-order chi connectivity index (χ0) is 12.1. The van der Waals surface area contributed by atoms with Crippen molar-refractivity contribution in [2.75, 3.05) is 5.73 Å². The Morgan fingerprint density at radius 1 is 1.00 bits per heavy atom. The maximum absolute atomic E-state index is 9.75. The van der Waals surface area contributed by atoms with Crippen molar-refractivity contribution < 1.29 is 5.11 Å². The third-order valence-electron chi connectivity index (χ3n) is 4.00. The lowest BCUT2D eigenvalue weighted by Gasteiger charge is -2.42. The van der Waals surface area contributed by atoms with Crippen LogP contribution in [0.3, 0.4) is 0 Å². The summed E-state index contributed by atoms with van der Waals surface area (Å²) in [5.74, 6) is 0.213. The van der Waals surface area contributed by atoms with Gasteiger partial charge in [-0.3, -0.25) is 0 Å². The summed E-state index contributed by atoms with van der Waals surface area (Å²) in [7, 11) is 0. The summed E-state index contributed by atoms with van der Waals surface area (Å²) >= 11 is 0. The highest BCUT2D eigenvalue weighted by atomic mass is 16.3. The van der Waals surface area contributed by atoms with Gasteiger partial charge < -0.3 is 10.8 Å². The molecule has 0 aliphatic heterocycles. The topological polar surface area (TPSA) is 46.2 Å². The van der Waals surface area contributed by atoms with Crippen LogP contribution in [0.2, 0.25) is 0 Å². The number of anilines is 1. The number of hydrogen-bond donors (Lipinski definition) is 2. The van der Waals surface area contributed by atoms with Crippen LogP contribution >= 0.6 is 0 Å². The van der Waals surface area contributed by atoms with Gasteiger partial charge in [0.15, 0.2) is 0 Å². The minimum Gasteiger partial charge on any atom is -0.506 e. The summed E-state index contributed by atoms with van der Waals surface area (Å²) in [6.07, 6.45) is 2.31. The molecule has 2 rings (SSSR count). The number of benzene rings is 1. The van der Waals surface area contributed by atoms with Crippen molar-refractivity contribution in [3.05, 3.63) is 23.3 Å². The Hall–Kier alpha value is -1.18. The molecular formula is C14H21NO. The molecule has 2 heteroatoms. The number of nitrogens with two attached hydrogens (primary N) is 1. The molecule has 0 saturated heterocycles. The van der Waals surface area contributed by atoms with Gasteiger partial charge in [0.25, 0.3) is 0 Å². The normalized spacial score (nSPS) is 21.5. The lowest BCUT2D eigenvalue weighted by molar-refractivity contribution is 0.330. The molecule has 0 fully saturated rings. The van der Waals surface area contributed by atoms with Crippen molar-refractivity contribution in [1.29, 1.82) is 0 Å². The fraction of sp³-hybridized carbons (Fsp3) is 0.571. The number of hydrogen-bond acceptors (Lipinski definition) is 2. The van der Waals surface area contributed by atoms with E-state index in [1.165, 1.54) is 11.1 Å². The van der Waals surface area contributed by atoms with E-state index in [1.807, 2.05) is 12.1 Å². The Kier molecular flexibility index (Phi) is 2.23. The predicted molar refractivity (Wildman–Crippen MR) is 67.8 cm³/mol. The molecule has 0 heterocycles. The summed E-state index contributed by atoms with van der Waals surface area (Å²) in [5.41, 5.74) is 9.12. The molecule has 0 atom stereocenters. The maximum Gasteiger partial charge on any atom is 0.138 e. The van der Waals surface area contributed by atoms with Gasteiger partial charge in [-0.05, 0) is 46.9 Å². The minimum atomic E-state index is 0.135. The van der Waals surface area contributed by atoms with Gasteiger partial charge in [-0.25, -0.2) is 0 Å². The fourth-order valence-corrected chi connectivity index (χ4v) is 2.62. The van der Waals surface area contributed by atoms with Gasteiger partial charge in [0.2, 0.25) is 0 Å². The average molecular weight is 219 g/mol. The number of phenolic OH excluding ortho intramolecular Hbond substituents is 1.